The molecule has 1 nitrogen and oxygen atoms in total. The van der Waals surface area contributed by atoms with Crippen molar-refractivity contribution < 1.29 is 0 Å². The molecule has 1 aromatic rings. The van der Waals surface area contributed by atoms with Crippen LogP contribution in [0.15, 0.2) is 24.3 Å². The van der Waals surface area contributed by atoms with E-state index >= 15 is 0 Å². The molecule has 0 atom stereocenters. The van der Waals surface area contributed by atoms with Crippen molar-refractivity contribution in [3.63, 3.8) is 0 Å². The van der Waals surface area contributed by atoms with Crippen molar-refractivity contribution in [2.45, 2.75) is 51.0 Å². The Morgan fingerprint density at radius 2 is 1.82 bits per heavy atom. The fraction of sp³-hybridized carbons (Fsp3) is 0.625. The number of benzene rings is 1. The van der Waals surface area contributed by atoms with E-state index in [1.807, 2.05) is 0 Å². The Morgan fingerprint density at radius 3 is 2.41 bits per heavy atom. The third-order valence-electron chi connectivity index (χ3n) is 4.61. The van der Waals surface area contributed by atoms with E-state index in [1.165, 1.54) is 49.8 Å². The van der Waals surface area contributed by atoms with Gasteiger partial charge in [0, 0.05) is 6.04 Å². The molecule has 0 aromatic heterocycles. The number of hydrogen-bond acceptors (Lipinski definition) is 1. The first-order valence-corrected chi connectivity index (χ1v) is 7.11. The molecule has 0 amide bonds. The Morgan fingerprint density at radius 1 is 1.12 bits per heavy atom. The molecule has 3 rings (SSSR count). The molecule has 2 fully saturated rings. The number of rotatable bonds is 4. The Labute approximate surface area is 105 Å². The maximum absolute atomic E-state index is 3.73. The maximum atomic E-state index is 3.73. The molecule has 1 heteroatoms. The van der Waals surface area contributed by atoms with Crippen molar-refractivity contribution in [2.24, 2.45) is 5.92 Å². The zero-order chi connectivity index (χ0) is 11.7. The summed E-state index contributed by atoms with van der Waals surface area (Å²) < 4.78 is 0. The predicted octanol–water partition coefficient (Wildman–Crippen LogP) is 3.63. The lowest BCUT2D eigenvalue weighted by atomic mass is 9.75. The lowest BCUT2D eigenvalue weighted by Gasteiger charge is -2.38. The van der Waals surface area contributed by atoms with Gasteiger partial charge in [0.05, 0.1) is 0 Å². The second-order valence-electron chi connectivity index (χ2n) is 5.98. The average molecular weight is 229 g/mol. The highest BCUT2D eigenvalue weighted by molar-refractivity contribution is 5.26. The Kier molecular flexibility index (Phi) is 3.19. The first-order valence-electron chi connectivity index (χ1n) is 7.11. The van der Waals surface area contributed by atoms with Gasteiger partial charge < -0.3 is 5.32 Å². The summed E-state index contributed by atoms with van der Waals surface area (Å²) in [5.41, 5.74) is 2.91. The molecule has 0 spiro atoms. The quantitative estimate of drug-likeness (QED) is 0.831. The third-order valence-corrected chi connectivity index (χ3v) is 4.61. The molecule has 0 aliphatic heterocycles. The summed E-state index contributed by atoms with van der Waals surface area (Å²) in [4.78, 5) is 0. The van der Waals surface area contributed by atoms with E-state index in [4.69, 9.17) is 0 Å². The smallest absolute Gasteiger partial charge is 0.00788 e. The molecule has 0 radical (unpaired) electrons. The van der Waals surface area contributed by atoms with E-state index in [0.29, 0.717) is 0 Å². The second kappa shape index (κ2) is 4.81. The van der Waals surface area contributed by atoms with E-state index in [2.05, 4.69) is 36.5 Å². The normalized spacial score (nSPS) is 28.5. The van der Waals surface area contributed by atoms with Crippen LogP contribution in [0.2, 0.25) is 0 Å². The van der Waals surface area contributed by atoms with Gasteiger partial charge in [0.15, 0.2) is 0 Å². The van der Waals surface area contributed by atoms with Gasteiger partial charge in [-0.05, 0) is 56.6 Å². The van der Waals surface area contributed by atoms with Gasteiger partial charge >= 0.3 is 0 Å². The lowest BCUT2D eigenvalue weighted by Crippen LogP contribution is -2.43. The van der Waals surface area contributed by atoms with Crippen molar-refractivity contribution in [1.29, 1.82) is 0 Å². The van der Waals surface area contributed by atoms with Crippen LogP contribution in [0.1, 0.15) is 49.1 Å². The summed E-state index contributed by atoms with van der Waals surface area (Å²) in [6.45, 7) is 3.43. The van der Waals surface area contributed by atoms with E-state index in [1.54, 1.807) is 0 Å². The lowest BCUT2D eigenvalue weighted by molar-refractivity contribution is 0.237. The molecular weight excluding hydrogens is 206 g/mol. The van der Waals surface area contributed by atoms with E-state index in [0.717, 1.165) is 17.9 Å². The molecule has 92 valence electrons. The van der Waals surface area contributed by atoms with Crippen LogP contribution < -0.4 is 5.32 Å². The van der Waals surface area contributed by atoms with Gasteiger partial charge in [-0.3, -0.25) is 0 Å². The van der Waals surface area contributed by atoms with Crippen LogP contribution in [0, 0.1) is 12.8 Å². The highest BCUT2D eigenvalue weighted by Crippen LogP contribution is 2.37. The minimum absolute atomic E-state index is 0.793. The van der Waals surface area contributed by atoms with Crippen molar-refractivity contribution in [3.05, 3.63) is 35.4 Å². The van der Waals surface area contributed by atoms with E-state index in [-0.39, 0.29) is 0 Å². The summed E-state index contributed by atoms with van der Waals surface area (Å²) >= 11 is 0. The molecule has 0 bridgehead atoms. The summed E-state index contributed by atoms with van der Waals surface area (Å²) in [7, 11) is 0. The first-order chi connectivity index (χ1) is 8.31. The fourth-order valence-electron chi connectivity index (χ4n) is 2.93. The van der Waals surface area contributed by atoms with Gasteiger partial charge in [-0.2, -0.15) is 0 Å². The summed E-state index contributed by atoms with van der Waals surface area (Å²) in [6, 6.07) is 9.89. The number of aryl methyl sites for hydroxylation is 1. The monoisotopic (exact) mass is 229 g/mol. The van der Waals surface area contributed by atoms with Crippen LogP contribution in [0.3, 0.4) is 0 Å². The highest BCUT2D eigenvalue weighted by Gasteiger charge is 2.30. The van der Waals surface area contributed by atoms with Gasteiger partial charge in [0.1, 0.15) is 0 Å². The van der Waals surface area contributed by atoms with Crippen LogP contribution >= 0.6 is 0 Å². The molecule has 0 saturated heterocycles. The number of nitrogens with one attached hydrogen (secondary N) is 1. The minimum Gasteiger partial charge on any atom is -0.314 e. The van der Waals surface area contributed by atoms with Gasteiger partial charge in [-0.25, -0.2) is 0 Å². The molecule has 0 unspecified atom stereocenters. The van der Waals surface area contributed by atoms with Crippen LogP contribution in [-0.2, 0) is 0 Å². The van der Waals surface area contributed by atoms with Crippen LogP contribution in [-0.4, -0.2) is 12.6 Å². The van der Waals surface area contributed by atoms with Gasteiger partial charge in [0.25, 0.3) is 0 Å². The SMILES string of the molecule is Cc1ccc(C2CC(NCC3CCC3)C2)cc1. The summed E-state index contributed by atoms with van der Waals surface area (Å²) in [5.74, 6) is 1.81. The number of hydrogen-bond donors (Lipinski definition) is 1. The van der Waals surface area contributed by atoms with Crippen molar-refractivity contribution in [2.75, 3.05) is 6.54 Å². The summed E-state index contributed by atoms with van der Waals surface area (Å²) in [5, 5.41) is 3.73. The molecule has 17 heavy (non-hydrogen) atoms. The molecule has 1 N–H and O–H groups in total. The van der Waals surface area contributed by atoms with Gasteiger partial charge in [0.2, 0.25) is 0 Å². The van der Waals surface area contributed by atoms with Crippen LogP contribution in [0.4, 0.5) is 0 Å². The topological polar surface area (TPSA) is 12.0 Å². The first kappa shape index (κ1) is 11.3. The standard InChI is InChI=1S/C16H23N/c1-12-5-7-14(8-6-12)15-9-16(10-15)17-11-13-3-2-4-13/h5-8,13,15-17H,2-4,9-11H2,1H3. The Balaban J connectivity index is 1.42. The molecule has 1 aromatic carbocycles. The molecule has 2 aliphatic carbocycles. The largest absolute Gasteiger partial charge is 0.314 e. The molecule has 2 saturated carbocycles. The van der Waals surface area contributed by atoms with Crippen molar-refractivity contribution >= 4 is 0 Å². The predicted molar refractivity (Wildman–Crippen MR) is 72.3 cm³/mol. The van der Waals surface area contributed by atoms with Crippen molar-refractivity contribution in [3.8, 4) is 0 Å². The van der Waals surface area contributed by atoms with Gasteiger partial charge in [-0.15, -0.1) is 0 Å². The fourth-order valence-corrected chi connectivity index (χ4v) is 2.93. The Bertz CT molecular complexity index is 358. The van der Waals surface area contributed by atoms with E-state index in [9.17, 15) is 0 Å². The van der Waals surface area contributed by atoms with Crippen LogP contribution in [0.25, 0.3) is 0 Å². The maximum Gasteiger partial charge on any atom is 0.00788 e. The molecule has 2 aliphatic rings. The zero-order valence-corrected chi connectivity index (χ0v) is 10.8. The third kappa shape index (κ3) is 2.55. The van der Waals surface area contributed by atoms with Gasteiger partial charge in [-0.1, -0.05) is 36.2 Å². The molecular formula is C16H23N. The average Bonchev–Trinajstić information content (AvgIpc) is 2.21. The highest BCUT2D eigenvalue weighted by atomic mass is 14.9. The minimum atomic E-state index is 0.793. The second-order valence-corrected chi connectivity index (χ2v) is 5.98. The summed E-state index contributed by atoms with van der Waals surface area (Å²) in [6.07, 6.45) is 7.07. The Hall–Kier alpha value is -0.820. The van der Waals surface area contributed by atoms with Crippen LogP contribution in [0.5, 0.6) is 0 Å². The van der Waals surface area contributed by atoms with Crippen molar-refractivity contribution in [1.82, 2.24) is 5.32 Å². The van der Waals surface area contributed by atoms with E-state index < -0.39 is 0 Å². The zero-order valence-electron chi connectivity index (χ0n) is 10.8. The molecule has 0 heterocycles.